The van der Waals surface area contributed by atoms with Crippen molar-refractivity contribution in [2.75, 3.05) is 0 Å². The van der Waals surface area contributed by atoms with E-state index in [2.05, 4.69) is 19.9 Å². The zero-order valence-electron chi connectivity index (χ0n) is 14.6. The summed E-state index contributed by atoms with van der Waals surface area (Å²) in [7, 11) is 1.93. The normalized spacial score (nSPS) is 11.2. The molecule has 0 amide bonds. The zero-order valence-corrected chi connectivity index (χ0v) is 14.6. The topological polar surface area (TPSA) is 56.5 Å². The number of hydrogen-bond acceptors (Lipinski definition) is 4. The molecular formula is C21H16FN5. The number of pyridine rings is 1. The van der Waals surface area contributed by atoms with Crippen LogP contribution in [0.3, 0.4) is 0 Å². The molecule has 0 saturated carbocycles. The van der Waals surface area contributed by atoms with Crippen LogP contribution in [0.25, 0.3) is 34.8 Å². The summed E-state index contributed by atoms with van der Waals surface area (Å²) in [5.74, 6) is 0.976. The van der Waals surface area contributed by atoms with E-state index >= 15 is 0 Å². The minimum Gasteiger partial charge on any atom is -0.334 e. The van der Waals surface area contributed by atoms with Crippen molar-refractivity contribution in [3.63, 3.8) is 0 Å². The van der Waals surface area contributed by atoms with E-state index in [-0.39, 0.29) is 5.82 Å². The molecule has 0 radical (unpaired) electrons. The number of imidazole rings is 1. The number of halogens is 1. The van der Waals surface area contributed by atoms with Crippen LogP contribution in [-0.2, 0) is 7.05 Å². The lowest BCUT2D eigenvalue weighted by Gasteiger charge is -2.01. The van der Waals surface area contributed by atoms with Crippen molar-refractivity contribution in [3.05, 3.63) is 84.6 Å². The summed E-state index contributed by atoms with van der Waals surface area (Å²) in [6, 6.07) is 10.1. The summed E-state index contributed by atoms with van der Waals surface area (Å²) in [5.41, 5.74) is 3.22. The molecular weight excluding hydrogens is 341 g/mol. The predicted molar refractivity (Wildman–Crippen MR) is 103 cm³/mol. The quantitative estimate of drug-likeness (QED) is 0.548. The molecule has 0 spiro atoms. The third-order valence-electron chi connectivity index (χ3n) is 4.05. The molecule has 0 N–H and O–H groups in total. The number of aryl methyl sites for hydroxylation is 1. The van der Waals surface area contributed by atoms with Gasteiger partial charge in [0, 0.05) is 49.2 Å². The van der Waals surface area contributed by atoms with Crippen molar-refractivity contribution in [2.45, 2.75) is 0 Å². The Bertz CT molecular complexity index is 1090. The van der Waals surface area contributed by atoms with E-state index in [0.29, 0.717) is 11.4 Å². The van der Waals surface area contributed by atoms with Crippen LogP contribution in [0.2, 0.25) is 0 Å². The monoisotopic (exact) mass is 357 g/mol. The van der Waals surface area contributed by atoms with E-state index in [9.17, 15) is 4.39 Å². The van der Waals surface area contributed by atoms with Crippen molar-refractivity contribution < 1.29 is 4.39 Å². The molecule has 0 bridgehead atoms. The van der Waals surface area contributed by atoms with Gasteiger partial charge in [0.1, 0.15) is 11.6 Å². The number of rotatable bonds is 4. The van der Waals surface area contributed by atoms with Gasteiger partial charge in [-0.05, 0) is 35.9 Å². The van der Waals surface area contributed by atoms with Crippen LogP contribution in [0.4, 0.5) is 4.39 Å². The van der Waals surface area contributed by atoms with Gasteiger partial charge in [0.05, 0.1) is 5.69 Å². The summed E-state index contributed by atoms with van der Waals surface area (Å²) in [6.45, 7) is 0. The SMILES string of the molecule is Cn1cc(-c2cnc(-c3cccc(F)c3)nc2)nc1C=Cc1cccnc1. The van der Waals surface area contributed by atoms with E-state index < -0.39 is 0 Å². The highest BCUT2D eigenvalue weighted by Crippen LogP contribution is 2.21. The maximum Gasteiger partial charge on any atom is 0.159 e. The second-order valence-corrected chi connectivity index (χ2v) is 6.02. The summed E-state index contributed by atoms with van der Waals surface area (Å²) in [6.07, 6.45) is 12.7. The summed E-state index contributed by atoms with van der Waals surface area (Å²) in [4.78, 5) is 17.4. The Hall–Kier alpha value is -3.67. The lowest BCUT2D eigenvalue weighted by atomic mass is 10.2. The molecule has 0 aliphatic carbocycles. The molecule has 0 unspecified atom stereocenters. The van der Waals surface area contributed by atoms with Crippen LogP contribution in [0.15, 0.2) is 67.4 Å². The molecule has 0 fully saturated rings. The largest absolute Gasteiger partial charge is 0.334 e. The first-order valence-electron chi connectivity index (χ1n) is 8.39. The number of nitrogens with zero attached hydrogens (tertiary/aromatic N) is 5. The van der Waals surface area contributed by atoms with Crippen molar-refractivity contribution in [1.82, 2.24) is 24.5 Å². The van der Waals surface area contributed by atoms with Gasteiger partial charge in [-0.2, -0.15) is 0 Å². The third-order valence-corrected chi connectivity index (χ3v) is 4.05. The van der Waals surface area contributed by atoms with Crippen LogP contribution in [0.5, 0.6) is 0 Å². The molecule has 6 heteroatoms. The van der Waals surface area contributed by atoms with Gasteiger partial charge < -0.3 is 4.57 Å². The fourth-order valence-electron chi connectivity index (χ4n) is 2.66. The van der Waals surface area contributed by atoms with Gasteiger partial charge in [0.25, 0.3) is 0 Å². The average Bonchev–Trinajstić information content (AvgIpc) is 3.08. The van der Waals surface area contributed by atoms with Crippen molar-refractivity contribution in [3.8, 4) is 22.6 Å². The molecule has 4 rings (SSSR count). The second-order valence-electron chi connectivity index (χ2n) is 6.02. The van der Waals surface area contributed by atoms with Crippen molar-refractivity contribution in [1.29, 1.82) is 0 Å². The Balaban J connectivity index is 1.58. The molecule has 5 nitrogen and oxygen atoms in total. The fourth-order valence-corrected chi connectivity index (χ4v) is 2.66. The number of benzene rings is 1. The molecule has 0 saturated heterocycles. The lowest BCUT2D eigenvalue weighted by Crippen LogP contribution is -1.90. The van der Waals surface area contributed by atoms with Gasteiger partial charge in [-0.1, -0.05) is 18.2 Å². The Morgan fingerprint density at radius 1 is 0.963 bits per heavy atom. The fraction of sp³-hybridized carbons (Fsp3) is 0.0476. The van der Waals surface area contributed by atoms with Crippen LogP contribution >= 0.6 is 0 Å². The van der Waals surface area contributed by atoms with Gasteiger partial charge in [-0.15, -0.1) is 0 Å². The number of hydrogen-bond donors (Lipinski definition) is 0. The van der Waals surface area contributed by atoms with E-state index in [1.54, 1.807) is 36.9 Å². The summed E-state index contributed by atoms with van der Waals surface area (Å²) >= 11 is 0. The van der Waals surface area contributed by atoms with Gasteiger partial charge in [-0.25, -0.2) is 19.3 Å². The lowest BCUT2D eigenvalue weighted by molar-refractivity contribution is 0.628. The molecule has 132 valence electrons. The first kappa shape index (κ1) is 16.8. The maximum atomic E-state index is 13.4. The van der Waals surface area contributed by atoms with Gasteiger partial charge >= 0.3 is 0 Å². The van der Waals surface area contributed by atoms with Gasteiger partial charge in [0.15, 0.2) is 5.82 Å². The Labute approximate surface area is 155 Å². The van der Waals surface area contributed by atoms with Gasteiger partial charge in [0.2, 0.25) is 0 Å². The van der Waals surface area contributed by atoms with Crippen LogP contribution in [-0.4, -0.2) is 24.5 Å². The van der Waals surface area contributed by atoms with Crippen LogP contribution in [0.1, 0.15) is 11.4 Å². The molecule has 3 aromatic heterocycles. The molecule has 0 atom stereocenters. The molecule has 27 heavy (non-hydrogen) atoms. The summed E-state index contributed by atoms with van der Waals surface area (Å²) in [5, 5.41) is 0. The minimum atomic E-state index is -0.310. The molecule has 3 heterocycles. The highest BCUT2D eigenvalue weighted by atomic mass is 19.1. The Morgan fingerprint density at radius 3 is 2.56 bits per heavy atom. The van der Waals surface area contributed by atoms with E-state index in [0.717, 1.165) is 22.6 Å². The van der Waals surface area contributed by atoms with Crippen molar-refractivity contribution >= 4 is 12.2 Å². The molecule has 1 aromatic carbocycles. The van der Waals surface area contributed by atoms with Crippen LogP contribution in [0, 0.1) is 5.82 Å². The molecule has 4 aromatic rings. The molecule has 0 aliphatic rings. The Morgan fingerprint density at radius 2 is 1.81 bits per heavy atom. The van der Waals surface area contributed by atoms with E-state index in [1.165, 1.54) is 12.1 Å². The van der Waals surface area contributed by atoms with Gasteiger partial charge in [-0.3, -0.25) is 4.98 Å². The van der Waals surface area contributed by atoms with Crippen molar-refractivity contribution in [2.24, 2.45) is 7.05 Å². The second kappa shape index (κ2) is 7.29. The first-order valence-corrected chi connectivity index (χ1v) is 8.39. The standard InChI is InChI=1S/C21H16FN5/c1-27-14-19(26-20(27)8-7-15-4-3-9-23-11-15)17-12-24-21(25-13-17)16-5-2-6-18(22)10-16/h2-14H,1H3. The average molecular weight is 357 g/mol. The Kier molecular flexibility index (Phi) is 4.53. The summed E-state index contributed by atoms with van der Waals surface area (Å²) < 4.78 is 15.3. The predicted octanol–water partition coefficient (Wildman–Crippen LogP) is 4.25. The highest BCUT2D eigenvalue weighted by molar-refractivity contribution is 5.68. The smallest absolute Gasteiger partial charge is 0.159 e. The van der Waals surface area contributed by atoms with Crippen LogP contribution < -0.4 is 0 Å². The molecule has 0 aliphatic heterocycles. The number of aromatic nitrogens is 5. The highest BCUT2D eigenvalue weighted by Gasteiger charge is 2.08. The minimum absolute atomic E-state index is 0.310. The van der Waals surface area contributed by atoms with E-state index in [1.807, 2.05) is 42.1 Å². The van der Waals surface area contributed by atoms with E-state index in [4.69, 9.17) is 0 Å². The third kappa shape index (κ3) is 3.79. The first-order chi connectivity index (χ1) is 13.2. The zero-order chi connectivity index (χ0) is 18.6. The maximum absolute atomic E-state index is 13.4.